The Morgan fingerprint density at radius 3 is 1.29 bits per heavy atom. The van der Waals surface area contributed by atoms with Gasteiger partial charge in [-0.1, -0.05) is 0 Å². The normalized spacial score (nSPS) is 4.29. The van der Waals surface area contributed by atoms with Crippen LogP contribution in [-0.4, -0.2) is 5.09 Å². The van der Waals surface area contributed by atoms with Crippen molar-refractivity contribution in [1.82, 2.24) is 0 Å². The third-order valence-electron chi connectivity index (χ3n) is 0. The molecule has 7 heteroatoms. The summed E-state index contributed by atoms with van der Waals surface area (Å²) in [5.41, 5.74) is 0. The molecule has 4 N–H and O–H groups in total. The molecule has 0 aromatic rings. The molecule has 0 aliphatic rings. The van der Waals surface area contributed by atoms with Gasteiger partial charge in [0.05, 0.1) is 5.09 Å². The Hall–Kier alpha value is -0.257. The van der Waals surface area contributed by atoms with Crippen molar-refractivity contribution >= 4 is 0 Å². The zero-order valence-electron chi connectivity index (χ0n) is 3.53. The van der Waals surface area contributed by atoms with Gasteiger partial charge in [0.1, 0.15) is 0 Å². The third-order valence-corrected chi connectivity index (χ3v) is 0. The molecule has 0 radical (unpaired) electrons. The van der Waals surface area contributed by atoms with Crippen molar-refractivity contribution in [2.45, 2.75) is 0 Å². The fraction of sp³-hybridized carbons (Fsp3) is 0. The summed E-state index contributed by atoms with van der Waals surface area (Å²) in [4.78, 5) is 8.25. The van der Waals surface area contributed by atoms with Crippen molar-refractivity contribution in [3.05, 3.63) is 15.3 Å². The molecular formula is H4N3O3Zn+. The first-order valence-corrected chi connectivity index (χ1v) is 0.881. The summed E-state index contributed by atoms with van der Waals surface area (Å²) in [5.74, 6) is 8.00. The average molecular weight is 159 g/mol. The summed E-state index contributed by atoms with van der Waals surface area (Å²) in [5, 5.41) is 14.8. The molecule has 0 heterocycles. The van der Waals surface area contributed by atoms with Gasteiger partial charge in [-0.15, -0.1) is 0 Å². The molecule has 0 aliphatic carbocycles. The van der Waals surface area contributed by atoms with Crippen LogP contribution in [0.1, 0.15) is 0 Å². The molecule has 0 aromatic carbocycles. The SMILES string of the molecule is NN.O=[N+]([O-])[O-].[Zn+2]. The Kier molecular flexibility index (Phi) is 38.9. The van der Waals surface area contributed by atoms with Gasteiger partial charge in [0.25, 0.3) is 0 Å². The largest absolute Gasteiger partial charge is 2.00 e. The monoisotopic (exact) mass is 158 g/mol. The van der Waals surface area contributed by atoms with Gasteiger partial charge in [0, 0.05) is 0 Å². The molecule has 0 amide bonds. The second-order valence-electron chi connectivity index (χ2n) is 0.224. The van der Waals surface area contributed by atoms with Crippen LogP contribution in [0, 0.1) is 15.3 Å². The Bertz CT molecular complexity index is 33.2. The summed E-state index contributed by atoms with van der Waals surface area (Å²) >= 11 is 0. The Labute approximate surface area is 52.3 Å². The van der Waals surface area contributed by atoms with Gasteiger partial charge in [-0.25, -0.2) is 0 Å². The van der Waals surface area contributed by atoms with E-state index in [0.717, 1.165) is 0 Å². The first-order chi connectivity index (χ1) is 2.73. The summed E-state index contributed by atoms with van der Waals surface area (Å²) < 4.78 is 0. The standard InChI is InChI=1S/H4N2.NO3.Zn/c1-2;2-1(3)4;/h1-2H2;;/q;-1;+2. The van der Waals surface area contributed by atoms with Crippen LogP contribution >= 0.6 is 0 Å². The van der Waals surface area contributed by atoms with Gasteiger partial charge in [0.15, 0.2) is 0 Å². The van der Waals surface area contributed by atoms with E-state index < -0.39 is 5.09 Å². The van der Waals surface area contributed by atoms with Crippen molar-refractivity contribution in [3.63, 3.8) is 0 Å². The Morgan fingerprint density at radius 2 is 1.29 bits per heavy atom. The van der Waals surface area contributed by atoms with Gasteiger partial charge >= 0.3 is 19.5 Å². The minimum atomic E-state index is -1.75. The molecule has 7 heavy (non-hydrogen) atoms. The van der Waals surface area contributed by atoms with E-state index in [2.05, 4.69) is 11.7 Å². The molecule has 0 unspecified atom stereocenters. The van der Waals surface area contributed by atoms with E-state index in [9.17, 15) is 0 Å². The zero-order chi connectivity index (χ0) is 5.58. The number of hydrogen-bond donors (Lipinski definition) is 2. The molecule has 0 bridgehead atoms. The minimum absolute atomic E-state index is 0. The molecule has 0 aromatic heterocycles. The van der Waals surface area contributed by atoms with Crippen molar-refractivity contribution in [2.75, 3.05) is 0 Å². The fourth-order valence-electron chi connectivity index (χ4n) is 0. The quantitative estimate of drug-likeness (QED) is 0.195. The van der Waals surface area contributed by atoms with Crippen molar-refractivity contribution in [1.29, 1.82) is 0 Å². The van der Waals surface area contributed by atoms with Crippen LogP contribution < -0.4 is 11.7 Å². The second-order valence-corrected chi connectivity index (χ2v) is 0.224. The van der Waals surface area contributed by atoms with Gasteiger partial charge in [-0.3, -0.25) is 11.7 Å². The van der Waals surface area contributed by atoms with Crippen LogP contribution in [0.15, 0.2) is 0 Å². The number of hydrogen-bond acceptors (Lipinski definition) is 5. The van der Waals surface area contributed by atoms with E-state index >= 15 is 0 Å². The van der Waals surface area contributed by atoms with Crippen LogP contribution in [0.5, 0.6) is 0 Å². The molecule has 0 rings (SSSR count). The summed E-state index contributed by atoms with van der Waals surface area (Å²) in [7, 11) is 0. The zero-order valence-corrected chi connectivity index (χ0v) is 6.50. The Balaban J connectivity index is -0.0000000480. The van der Waals surface area contributed by atoms with Crippen molar-refractivity contribution in [3.8, 4) is 0 Å². The van der Waals surface area contributed by atoms with E-state index in [1.807, 2.05) is 0 Å². The van der Waals surface area contributed by atoms with Crippen LogP contribution in [0.25, 0.3) is 0 Å². The molecule has 0 spiro atoms. The van der Waals surface area contributed by atoms with Crippen molar-refractivity contribution in [2.24, 2.45) is 11.7 Å². The molecule has 38 valence electrons. The summed E-state index contributed by atoms with van der Waals surface area (Å²) in [6, 6.07) is 0. The van der Waals surface area contributed by atoms with Gasteiger partial charge in [-0.05, 0) is 0 Å². The maximum absolute atomic E-state index is 8.25. The van der Waals surface area contributed by atoms with Crippen LogP contribution in [0.2, 0.25) is 0 Å². The first kappa shape index (κ1) is 15.9. The number of nitrogens with two attached hydrogens (primary N) is 2. The molecule has 0 atom stereocenters. The molecular weight excluding hydrogens is 155 g/mol. The van der Waals surface area contributed by atoms with E-state index in [-0.39, 0.29) is 19.5 Å². The third kappa shape index (κ3) is 1220. The van der Waals surface area contributed by atoms with Crippen LogP contribution in [0.4, 0.5) is 0 Å². The molecule has 0 saturated carbocycles. The molecule has 6 nitrogen and oxygen atoms in total. The smallest absolute Gasteiger partial charge is 0.356 e. The van der Waals surface area contributed by atoms with Crippen LogP contribution in [0.3, 0.4) is 0 Å². The average Bonchev–Trinajstić information content (AvgIpc) is 1.41. The van der Waals surface area contributed by atoms with E-state index in [4.69, 9.17) is 15.3 Å². The maximum atomic E-state index is 8.25. The predicted octanol–water partition coefficient (Wildman–Crippen LogP) is -1.42. The van der Waals surface area contributed by atoms with E-state index in [1.54, 1.807) is 0 Å². The topological polar surface area (TPSA) is 118 Å². The first-order valence-electron chi connectivity index (χ1n) is 0.881. The van der Waals surface area contributed by atoms with Gasteiger partial charge in [0.2, 0.25) is 0 Å². The number of hydrazine groups is 1. The Morgan fingerprint density at radius 1 is 1.29 bits per heavy atom. The van der Waals surface area contributed by atoms with Crippen LogP contribution in [-0.2, 0) is 19.5 Å². The summed E-state index contributed by atoms with van der Waals surface area (Å²) in [6.07, 6.45) is 0. The van der Waals surface area contributed by atoms with Gasteiger partial charge < -0.3 is 15.3 Å². The summed E-state index contributed by atoms with van der Waals surface area (Å²) in [6.45, 7) is 0. The number of rotatable bonds is 0. The minimum Gasteiger partial charge on any atom is -0.356 e. The molecule has 0 saturated heterocycles. The predicted molar refractivity (Wildman–Crippen MR) is 18.7 cm³/mol. The van der Waals surface area contributed by atoms with E-state index in [0.29, 0.717) is 0 Å². The second kappa shape index (κ2) is 17.2. The van der Waals surface area contributed by atoms with Crippen molar-refractivity contribution < 1.29 is 24.6 Å². The van der Waals surface area contributed by atoms with E-state index in [1.165, 1.54) is 0 Å². The number of nitrogens with zero attached hydrogens (tertiary/aromatic N) is 1. The fourth-order valence-corrected chi connectivity index (χ4v) is 0. The van der Waals surface area contributed by atoms with Gasteiger partial charge in [-0.2, -0.15) is 0 Å². The molecule has 0 aliphatic heterocycles. The molecule has 0 fully saturated rings. The maximum Gasteiger partial charge on any atom is 2.00 e.